The lowest BCUT2D eigenvalue weighted by molar-refractivity contribution is 0.482. The van der Waals surface area contributed by atoms with E-state index in [-0.39, 0.29) is 10.7 Å². The molecular weight excluding hydrogens is 362 g/mol. The van der Waals surface area contributed by atoms with E-state index < -0.39 is 0 Å². The molecule has 0 bridgehead atoms. The highest BCUT2D eigenvalue weighted by molar-refractivity contribution is 8.13. The van der Waals surface area contributed by atoms with Crippen LogP contribution in [0.15, 0.2) is 52.4 Å². The van der Waals surface area contributed by atoms with Crippen LogP contribution in [0.1, 0.15) is 16.8 Å². The van der Waals surface area contributed by atoms with Gasteiger partial charge in [0.2, 0.25) is 0 Å². The topological polar surface area (TPSA) is 58.9 Å². The van der Waals surface area contributed by atoms with E-state index in [1.54, 1.807) is 17.7 Å². The number of hydrogen-bond donors (Lipinski definition) is 1. The Balaban J connectivity index is 1.67. The Morgan fingerprint density at radius 2 is 2.27 bits per heavy atom. The largest absolute Gasteiger partial charge is 0.364 e. The Kier molecular flexibility index (Phi) is 4.89. The molecule has 132 valence electrons. The van der Waals surface area contributed by atoms with Crippen molar-refractivity contribution in [3.8, 4) is 6.07 Å². The molecule has 1 aliphatic heterocycles. The van der Waals surface area contributed by atoms with Gasteiger partial charge in [-0.2, -0.15) is 5.26 Å². The monoisotopic (exact) mass is 381 g/mol. The third kappa shape index (κ3) is 3.44. The highest BCUT2D eigenvalue weighted by atomic mass is 32.2. The standard InChI is InChI=1S/C19H19N5S2/c1-26(19-3-2-8-25-19)24-7-6-23(13-17-11-21-14-22-17)18-5-4-15(10-20)9-16(18)12-24/h2-5,8-9,11,14H,1,6-7,12-13H2,(H,21,22). The van der Waals surface area contributed by atoms with Crippen molar-refractivity contribution in [3.63, 3.8) is 0 Å². The summed E-state index contributed by atoms with van der Waals surface area (Å²) in [5, 5.41) is 11.4. The van der Waals surface area contributed by atoms with Crippen LogP contribution < -0.4 is 4.90 Å². The lowest BCUT2D eigenvalue weighted by Gasteiger charge is -2.25. The average Bonchev–Trinajstić information content (AvgIpc) is 3.34. The molecule has 4 rings (SSSR count). The number of nitriles is 1. The molecule has 1 aromatic carbocycles. The van der Waals surface area contributed by atoms with Gasteiger partial charge in [0.05, 0.1) is 34.4 Å². The van der Waals surface area contributed by atoms with E-state index in [4.69, 9.17) is 0 Å². The minimum Gasteiger partial charge on any atom is -0.364 e. The first-order valence-corrected chi connectivity index (χ1v) is 10.6. The maximum atomic E-state index is 9.31. The number of hydrogen-bond acceptors (Lipinski definition) is 5. The van der Waals surface area contributed by atoms with E-state index in [1.807, 2.05) is 18.3 Å². The number of H-pyrrole nitrogens is 1. The lowest BCUT2D eigenvalue weighted by atomic mass is 10.1. The highest BCUT2D eigenvalue weighted by Crippen LogP contribution is 2.37. The van der Waals surface area contributed by atoms with E-state index in [2.05, 4.69) is 54.7 Å². The Morgan fingerprint density at radius 3 is 3.00 bits per heavy atom. The van der Waals surface area contributed by atoms with Gasteiger partial charge in [0.15, 0.2) is 0 Å². The summed E-state index contributed by atoms with van der Waals surface area (Å²) in [6, 6.07) is 12.5. The summed E-state index contributed by atoms with van der Waals surface area (Å²) >= 11 is 1.75. The number of rotatable bonds is 4. The average molecular weight is 382 g/mol. The summed E-state index contributed by atoms with van der Waals surface area (Å²) in [5.41, 5.74) is 4.15. The normalized spacial score (nSPS) is 15.9. The zero-order chi connectivity index (χ0) is 17.9. The molecule has 0 saturated carbocycles. The molecule has 5 nitrogen and oxygen atoms in total. The van der Waals surface area contributed by atoms with Gasteiger partial charge in [-0.1, -0.05) is 22.6 Å². The molecule has 1 aliphatic rings. The van der Waals surface area contributed by atoms with Crippen molar-refractivity contribution in [1.29, 1.82) is 5.26 Å². The van der Waals surface area contributed by atoms with Gasteiger partial charge in [-0.15, -0.1) is 11.3 Å². The van der Waals surface area contributed by atoms with Crippen LogP contribution in [-0.2, 0) is 13.1 Å². The van der Waals surface area contributed by atoms with Crippen molar-refractivity contribution >= 4 is 33.6 Å². The Hall–Kier alpha value is -2.40. The molecule has 0 aliphatic carbocycles. The fourth-order valence-corrected chi connectivity index (χ4v) is 5.63. The molecule has 0 saturated heterocycles. The van der Waals surface area contributed by atoms with Crippen molar-refractivity contribution in [2.24, 2.45) is 0 Å². The number of nitrogens with zero attached hydrogens (tertiary/aromatic N) is 4. The van der Waals surface area contributed by atoms with Crippen LogP contribution in [0.25, 0.3) is 0 Å². The van der Waals surface area contributed by atoms with Crippen LogP contribution >= 0.6 is 22.0 Å². The van der Waals surface area contributed by atoms with E-state index in [9.17, 15) is 5.26 Å². The maximum absolute atomic E-state index is 9.31. The molecule has 1 unspecified atom stereocenters. The zero-order valence-electron chi connectivity index (χ0n) is 14.3. The van der Waals surface area contributed by atoms with Crippen LogP contribution in [-0.4, -0.2) is 33.2 Å². The Bertz CT molecular complexity index is 941. The second-order valence-corrected chi connectivity index (χ2v) is 9.01. The second kappa shape index (κ2) is 7.46. The van der Waals surface area contributed by atoms with Gasteiger partial charge in [-0.05, 0) is 35.2 Å². The summed E-state index contributed by atoms with van der Waals surface area (Å²) in [6.07, 6.45) is 3.58. The van der Waals surface area contributed by atoms with E-state index in [0.717, 1.165) is 31.9 Å². The summed E-state index contributed by atoms with van der Waals surface area (Å²) in [7, 11) is -0.197. The summed E-state index contributed by atoms with van der Waals surface area (Å²) in [5.74, 6) is 4.43. The minimum absolute atomic E-state index is 0.197. The third-order valence-electron chi connectivity index (χ3n) is 4.47. The zero-order valence-corrected chi connectivity index (χ0v) is 15.9. The van der Waals surface area contributed by atoms with E-state index >= 15 is 0 Å². The third-order valence-corrected chi connectivity index (χ3v) is 7.53. The maximum Gasteiger partial charge on any atom is 0.0991 e. The molecule has 26 heavy (non-hydrogen) atoms. The fourth-order valence-electron chi connectivity index (χ4n) is 3.17. The lowest BCUT2D eigenvalue weighted by Crippen LogP contribution is -2.29. The van der Waals surface area contributed by atoms with Crippen LogP contribution in [0.5, 0.6) is 0 Å². The SMILES string of the molecule is C=S(c1cccs1)N1CCN(Cc2cnc[nH]2)c2ccc(C#N)cc2C1. The molecular formula is C19H19N5S2. The van der Waals surface area contributed by atoms with E-state index in [1.165, 1.54) is 15.5 Å². The van der Waals surface area contributed by atoms with Crippen LogP contribution in [0.3, 0.4) is 0 Å². The van der Waals surface area contributed by atoms with Gasteiger partial charge in [-0.25, -0.2) is 9.29 Å². The molecule has 3 heterocycles. The molecule has 1 N–H and O–H groups in total. The van der Waals surface area contributed by atoms with E-state index in [0.29, 0.717) is 5.56 Å². The summed E-state index contributed by atoms with van der Waals surface area (Å²) < 4.78 is 3.71. The van der Waals surface area contributed by atoms with Crippen molar-refractivity contribution in [2.45, 2.75) is 17.3 Å². The van der Waals surface area contributed by atoms with Crippen LogP contribution in [0.4, 0.5) is 5.69 Å². The molecule has 1 atom stereocenters. The number of aromatic nitrogens is 2. The summed E-state index contributed by atoms with van der Waals surface area (Å²) in [4.78, 5) is 9.67. The molecule has 2 aromatic heterocycles. The van der Waals surface area contributed by atoms with Crippen molar-refractivity contribution in [2.75, 3.05) is 18.0 Å². The van der Waals surface area contributed by atoms with Crippen LogP contribution in [0, 0.1) is 11.3 Å². The number of fused-ring (bicyclic) bond motifs is 1. The fraction of sp³-hybridized carbons (Fsp3) is 0.211. The van der Waals surface area contributed by atoms with Gasteiger partial charge in [0, 0.05) is 31.5 Å². The molecule has 3 aromatic rings. The number of imidazole rings is 1. The number of benzene rings is 1. The van der Waals surface area contributed by atoms with Crippen molar-refractivity contribution in [3.05, 3.63) is 65.1 Å². The number of thiophene rings is 1. The number of nitrogens with one attached hydrogen (secondary N) is 1. The summed E-state index contributed by atoms with van der Waals surface area (Å²) in [6.45, 7) is 3.41. The van der Waals surface area contributed by atoms with Gasteiger partial charge < -0.3 is 9.88 Å². The number of aromatic amines is 1. The predicted molar refractivity (Wildman–Crippen MR) is 109 cm³/mol. The smallest absolute Gasteiger partial charge is 0.0991 e. The second-order valence-electron chi connectivity index (χ2n) is 6.11. The Labute approximate surface area is 159 Å². The van der Waals surface area contributed by atoms with Crippen LogP contribution in [0.2, 0.25) is 0 Å². The minimum atomic E-state index is -0.197. The predicted octanol–water partition coefficient (Wildman–Crippen LogP) is 3.84. The quantitative estimate of drug-likeness (QED) is 0.698. The first-order chi connectivity index (χ1) is 12.7. The van der Waals surface area contributed by atoms with Crippen molar-refractivity contribution < 1.29 is 0 Å². The number of anilines is 1. The molecule has 0 fully saturated rings. The first kappa shape index (κ1) is 17.0. The van der Waals surface area contributed by atoms with Gasteiger partial charge >= 0.3 is 0 Å². The first-order valence-electron chi connectivity index (χ1n) is 8.32. The highest BCUT2D eigenvalue weighted by Gasteiger charge is 2.22. The Morgan fingerprint density at radius 1 is 1.35 bits per heavy atom. The van der Waals surface area contributed by atoms with Gasteiger partial charge in [0.25, 0.3) is 0 Å². The molecule has 0 amide bonds. The molecule has 0 spiro atoms. The molecule has 0 radical (unpaired) electrons. The van der Waals surface area contributed by atoms with Gasteiger partial charge in [-0.3, -0.25) is 0 Å². The molecule has 7 heteroatoms. The van der Waals surface area contributed by atoms with Gasteiger partial charge in [0.1, 0.15) is 0 Å². The van der Waals surface area contributed by atoms with Crippen molar-refractivity contribution in [1.82, 2.24) is 14.3 Å².